The second-order valence-electron chi connectivity index (χ2n) is 19.2. The Morgan fingerprint density at radius 2 is 0.825 bits per heavy atom. The number of rotatable bonds is 8. The number of ether oxygens (including phenoxy) is 5. The number of phenolic OH excluding ortho intramolecular Hbond substituents is 2. The number of aliphatic hydroxyl groups is 6. The fraction of sp³-hybridized carbons (Fsp3) is 0.667. The van der Waals surface area contributed by atoms with Crippen molar-refractivity contribution in [1.82, 2.24) is 0 Å². The van der Waals surface area contributed by atoms with Crippen LogP contribution in [-0.4, -0.2) is 127 Å². The zero-order valence-corrected chi connectivity index (χ0v) is 34.9. The van der Waals surface area contributed by atoms with Gasteiger partial charge in [-0.1, -0.05) is 95.2 Å². The van der Waals surface area contributed by atoms with E-state index in [4.69, 9.17) is 23.7 Å². The van der Waals surface area contributed by atoms with Gasteiger partial charge in [0.25, 0.3) is 0 Å². The lowest BCUT2D eigenvalue weighted by atomic mass is 9.79. The number of aliphatic hydroxyl groups excluding tert-OH is 6. The van der Waals surface area contributed by atoms with Gasteiger partial charge in [0.05, 0.1) is 0 Å². The molecule has 2 heterocycles. The van der Waals surface area contributed by atoms with Crippen LogP contribution < -0.4 is 0 Å². The summed E-state index contributed by atoms with van der Waals surface area (Å²) in [6, 6.07) is 6.68. The highest BCUT2D eigenvalue weighted by molar-refractivity contribution is 5.94. The molecule has 2 aliphatic heterocycles. The molecule has 8 N–H and O–H groups in total. The number of aromatic hydroxyl groups is 2. The Morgan fingerprint density at radius 1 is 0.509 bits per heavy atom. The first-order chi connectivity index (χ1) is 25.9. The molecule has 0 amide bonds. The minimum Gasteiger partial charge on any atom is -0.507 e. The molecule has 0 bridgehead atoms. The summed E-state index contributed by atoms with van der Waals surface area (Å²) in [5.41, 5.74) is 0.397. The molecular weight excluding hydrogens is 744 g/mol. The fourth-order valence-electron chi connectivity index (χ4n) is 6.53. The van der Waals surface area contributed by atoms with Gasteiger partial charge in [-0.05, 0) is 44.9 Å². The summed E-state index contributed by atoms with van der Waals surface area (Å²) in [7, 11) is 0. The van der Waals surface area contributed by atoms with Gasteiger partial charge in [-0.3, -0.25) is 0 Å². The van der Waals surface area contributed by atoms with Crippen molar-refractivity contribution in [1.29, 1.82) is 0 Å². The van der Waals surface area contributed by atoms with Gasteiger partial charge in [-0.15, -0.1) is 0 Å². The van der Waals surface area contributed by atoms with E-state index in [2.05, 4.69) is 0 Å². The third-order valence-electron chi connectivity index (χ3n) is 10.4. The van der Waals surface area contributed by atoms with E-state index in [1.165, 1.54) is 12.1 Å². The fourth-order valence-corrected chi connectivity index (χ4v) is 6.53. The Kier molecular flexibility index (Phi) is 13.6. The summed E-state index contributed by atoms with van der Waals surface area (Å²) in [6.07, 6.45) is -18.0. The molecule has 0 saturated carbocycles. The third kappa shape index (κ3) is 10.3. The van der Waals surface area contributed by atoms with Crippen molar-refractivity contribution in [2.75, 3.05) is 13.2 Å². The van der Waals surface area contributed by atoms with E-state index in [1.807, 2.05) is 95.2 Å². The van der Waals surface area contributed by atoms with Gasteiger partial charge >= 0.3 is 11.9 Å². The minimum absolute atomic E-state index is 0.129. The van der Waals surface area contributed by atoms with E-state index in [0.717, 1.165) is 11.1 Å². The largest absolute Gasteiger partial charge is 0.507 e. The summed E-state index contributed by atoms with van der Waals surface area (Å²) < 4.78 is 27.9. The first-order valence-electron chi connectivity index (χ1n) is 19.1. The molecule has 4 rings (SSSR count). The van der Waals surface area contributed by atoms with E-state index in [9.17, 15) is 50.4 Å². The molecule has 15 heteroatoms. The van der Waals surface area contributed by atoms with Crippen molar-refractivity contribution in [2.24, 2.45) is 0 Å². The molecule has 2 aromatic rings. The highest BCUT2D eigenvalue weighted by atomic mass is 16.8. The Morgan fingerprint density at radius 3 is 1.11 bits per heavy atom. The predicted octanol–water partition coefficient (Wildman–Crippen LogP) is 2.93. The number of esters is 2. The topological polar surface area (TPSA) is 242 Å². The molecule has 2 aliphatic rings. The highest BCUT2D eigenvalue weighted by Crippen LogP contribution is 2.40. The van der Waals surface area contributed by atoms with Crippen molar-refractivity contribution < 1.29 is 74.1 Å². The molecule has 10 unspecified atom stereocenters. The molecule has 57 heavy (non-hydrogen) atoms. The molecule has 320 valence electrons. The number of carbonyl (C=O) groups is 2. The first-order valence-corrected chi connectivity index (χ1v) is 19.1. The van der Waals surface area contributed by atoms with E-state index in [0.29, 0.717) is 11.1 Å². The number of benzene rings is 2. The third-order valence-corrected chi connectivity index (χ3v) is 10.4. The zero-order valence-electron chi connectivity index (χ0n) is 34.9. The van der Waals surface area contributed by atoms with Crippen LogP contribution in [0.3, 0.4) is 0 Å². The van der Waals surface area contributed by atoms with E-state index in [-0.39, 0.29) is 22.6 Å². The van der Waals surface area contributed by atoms with Crippen LogP contribution in [0.2, 0.25) is 0 Å². The van der Waals surface area contributed by atoms with Crippen molar-refractivity contribution in [3.63, 3.8) is 0 Å². The molecule has 10 atom stereocenters. The normalized spacial score (nSPS) is 28.9. The lowest BCUT2D eigenvalue weighted by molar-refractivity contribution is -0.376. The maximum Gasteiger partial charge on any atom is 0.342 e. The van der Waals surface area contributed by atoms with Crippen LogP contribution in [0.15, 0.2) is 24.3 Å². The highest BCUT2D eigenvalue weighted by Gasteiger charge is 2.50. The maximum atomic E-state index is 13.4. The lowest BCUT2D eigenvalue weighted by Gasteiger charge is -2.44. The van der Waals surface area contributed by atoms with Crippen LogP contribution in [0.25, 0.3) is 0 Å². The van der Waals surface area contributed by atoms with E-state index in [1.54, 1.807) is 0 Å². The van der Waals surface area contributed by atoms with Crippen molar-refractivity contribution >= 4 is 11.9 Å². The van der Waals surface area contributed by atoms with Gasteiger partial charge in [0.2, 0.25) is 0 Å². The zero-order chi connectivity index (χ0) is 43.3. The van der Waals surface area contributed by atoms with Crippen LogP contribution in [-0.2, 0) is 45.3 Å². The summed E-state index contributed by atoms with van der Waals surface area (Å²) in [5, 5.41) is 86.7. The summed E-state index contributed by atoms with van der Waals surface area (Å²) in [5.74, 6) is -2.47. The van der Waals surface area contributed by atoms with Crippen LogP contribution in [0.5, 0.6) is 11.5 Å². The van der Waals surface area contributed by atoms with E-state index < -0.39 is 108 Å². The lowest BCUT2D eigenvalue weighted by Crippen LogP contribution is -2.64. The maximum absolute atomic E-state index is 13.4. The molecule has 2 fully saturated rings. The Bertz CT molecular complexity index is 1640. The molecule has 2 saturated heterocycles. The average molecular weight is 807 g/mol. The average Bonchev–Trinajstić information content (AvgIpc) is 3.08. The van der Waals surface area contributed by atoms with Gasteiger partial charge in [-0.2, -0.15) is 0 Å². The smallest absolute Gasteiger partial charge is 0.342 e. The Labute approximate surface area is 334 Å². The second-order valence-corrected chi connectivity index (χ2v) is 19.2. The second kappa shape index (κ2) is 16.7. The first kappa shape index (κ1) is 46.3. The molecule has 0 radical (unpaired) electrons. The predicted molar refractivity (Wildman–Crippen MR) is 206 cm³/mol. The van der Waals surface area contributed by atoms with Crippen molar-refractivity contribution in [3.05, 3.63) is 57.6 Å². The van der Waals surface area contributed by atoms with Gasteiger partial charge in [0.1, 0.15) is 84.7 Å². The molecule has 0 aromatic heterocycles. The Balaban J connectivity index is 1.50. The number of carbonyl (C=O) groups excluding carboxylic acids is 2. The summed E-state index contributed by atoms with van der Waals surface area (Å²) in [4.78, 5) is 26.8. The monoisotopic (exact) mass is 806 g/mol. The van der Waals surface area contributed by atoms with Crippen LogP contribution in [0.4, 0.5) is 0 Å². The molecular formula is C42H62O15. The van der Waals surface area contributed by atoms with E-state index >= 15 is 0 Å². The van der Waals surface area contributed by atoms with Crippen molar-refractivity contribution in [3.8, 4) is 11.5 Å². The SMILES string of the molecule is CC(C)(C)c1cc(C(=O)OCC2OC(OC3OC(COC(=O)c4cc(C(C)(C)C)cc(C(C)(C)C)c4O)C(O)C(O)C3O)C(O)C(O)C2O)c(O)c(C(C)(C)C)c1. The van der Waals surface area contributed by atoms with Gasteiger partial charge in [0.15, 0.2) is 12.6 Å². The number of hydrogen-bond donors (Lipinski definition) is 8. The van der Waals surface area contributed by atoms with Gasteiger partial charge in [0, 0.05) is 11.1 Å². The summed E-state index contributed by atoms with van der Waals surface area (Å²) in [6.45, 7) is 21.6. The van der Waals surface area contributed by atoms with Crippen LogP contribution >= 0.6 is 0 Å². The van der Waals surface area contributed by atoms with Crippen molar-refractivity contribution in [2.45, 2.75) is 166 Å². The van der Waals surface area contributed by atoms with Crippen LogP contribution in [0, 0.1) is 0 Å². The number of phenols is 2. The quantitative estimate of drug-likeness (QED) is 0.179. The number of hydrogen-bond acceptors (Lipinski definition) is 15. The van der Waals surface area contributed by atoms with Gasteiger partial charge < -0.3 is 64.5 Å². The minimum atomic E-state index is -1.94. The van der Waals surface area contributed by atoms with Gasteiger partial charge in [-0.25, -0.2) is 9.59 Å². The molecule has 0 spiro atoms. The molecule has 15 nitrogen and oxygen atoms in total. The molecule has 2 aromatic carbocycles. The summed E-state index contributed by atoms with van der Waals surface area (Å²) >= 11 is 0. The molecule has 0 aliphatic carbocycles. The Hall–Kier alpha value is -3.38. The standard InChI is InChI=1S/C42H62O15/c1-39(2,3)19-13-21(27(43)23(15-19)41(7,8)9)35(51)53-17-25-29(45)31(47)33(49)37(55-25)57-38-34(50)32(48)30(46)26(56-38)18-54-36(52)22-14-20(40(4,5)6)16-24(28(22)44)42(10,11)12/h13-16,25-26,29-34,37-38,43-50H,17-18H2,1-12H3. The van der Waals surface area contributed by atoms with Crippen LogP contribution in [0.1, 0.15) is 126 Å².